The van der Waals surface area contributed by atoms with E-state index in [1.54, 1.807) is 0 Å². The summed E-state index contributed by atoms with van der Waals surface area (Å²) in [5.74, 6) is 5.70. The van der Waals surface area contributed by atoms with Crippen LogP contribution in [-0.4, -0.2) is 19.9 Å². The first-order valence-corrected chi connectivity index (χ1v) is 7.92. The summed E-state index contributed by atoms with van der Waals surface area (Å²) in [5, 5.41) is 10.8. The summed E-state index contributed by atoms with van der Waals surface area (Å²) in [6, 6.07) is 3.43. The predicted octanol–water partition coefficient (Wildman–Crippen LogP) is 1.45. The second-order valence-corrected chi connectivity index (χ2v) is 6.92. The van der Waals surface area contributed by atoms with Gasteiger partial charge in [0.25, 0.3) is 5.69 Å². The summed E-state index contributed by atoms with van der Waals surface area (Å²) < 4.78 is 26.8. The van der Waals surface area contributed by atoms with E-state index in [4.69, 9.17) is 5.84 Å². The molecule has 0 aliphatic carbocycles. The monoisotopic (exact) mass is 316 g/mol. The molecule has 1 aromatic rings. The molecule has 1 aromatic carbocycles. The van der Waals surface area contributed by atoms with Crippen LogP contribution in [0.1, 0.15) is 20.8 Å². The number of nitro groups is 1. The van der Waals surface area contributed by atoms with Gasteiger partial charge in [-0.2, -0.15) is 0 Å². The number of nitrogens with one attached hydrogen (secondary N) is 2. The number of benzene rings is 1. The van der Waals surface area contributed by atoms with Crippen LogP contribution in [0.4, 0.5) is 11.4 Å². The quantitative estimate of drug-likeness (QED) is 0.397. The minimum absolute atomic E-state index is 0.0558. The first-order chi connectivity index (χ1) is 9.69. The Kier molecular flexibility index (Phi) is 5.64. The molecule has 9 heteroatoms. The number of anilines is 1. The molecule has 0 aliphatic rings. The number of rotatable bonds is 7. The smallest absolute Gasteiger partial charge is 0.293 e. The average molecular weight is 316 g/mol. The van der Waals surface area contributed by atoms with Gasteiger partial charge in [0, 0.05) is 12.6 Å². The van der Waals surface area contributed by atoms with E-state index in [0.29, 0.717) is 12.5 Å². The highest BCUT2D eigenvalue weighted by molar-refractivity contribution is 7.89. The van der Waals surface area contributed by atoms with Crippen molar-refractivity contribution in [3.05, 3.63) is 28.3 Å². The highest BCUT2D eigenvalue weighted by Gasteiger charge is 2.21. The van der Waals surface area contributed by atoms with Crippen molar-refractivity contribution in [2.75, 3.05) is 12.0 Å². The number of nitrogen functional groups attached to an aromatic ring is 1. The van der Waals surface area contributed by atoms with Crippen molar-refractivity contribution in [3.8, 4) is 0 Å². The molecular formula is C12H20N4O4S. The molecule has 1 unspecified atom stereocenters. The Morgan fingerprint density at radius 1 is 1.33 bits per heavy atom. The average Bonchev–Trinajstić information content (AvgIpc) is 2.43. The molecule has 0 fully saturated rings. The Bertz CT molecular complexity index is 616. The van der Waals surface area contributed by atoms with Crippen LogP contribution in [0.15, 0.2) is 23.1 Å². The van der Waals surface area contributed by atoms with Crippen LogP contribution < -0.4 is 16.0 Å². The molecule has 0 aliphatic heterocycles. The van der Waals surface area contributed by atoms with Crippen LogP contribution in [0.2, 0.25) is 0 Å². The molecule has 0 aromatic heterocycles. The Balaban J connectivity index is 3.01. The summed E-state index contributed by atoms with van der Waals surface area (Å²) in [4.78, 5) is 10.1. The lowest BCUT2D eigenvalue weighted by Gasteiger charge is -2.16. The number of hydrogen-bond donors (Lipinski definition) is 3. The second-order valence-electron chi connectivity index (χ2n) is 5.15. The predicted molar refractivity (Wildman–Crippen MR) is 80.1 cm³/mol. The van der Waals surface area contributed by atoms with Gasteiger partial charge in [-0.15, -0.1) is 0 Å². The fourth-order valence-corrected chi connectivity index (χ4v) is 2.69. The molecular weight excluding hydrogens is 296 g/mol. The van der Waals surface area contributed by atoms with E-state index in [1.165, 1.54) is 6.07 Å². The highest BCUT2D eigenvalue weighted by Crippen LogP contribution is 2.26. The standard InChI is InChI=1S/C12H20N4O4S/c1-8(2)9(3)7-14-21(19,20)10-4-5-12(16(17)18)11(6-10)15-13/h4-6,8-9,14-15H,7,13H2,1-3H3. The number of hydrogen-bond acceptors (Lipinski definition) is 6. The van der Waals surface area contributed by atoms with Crippen LogP contribution in [0.25, 0.3) is 0 Å². The zero-order chi connectivity index (χ0) is 16.2. The fourth-order valence-electron chi connectivity index (χ4n) is 1.52. The van der Waals surface area contributed by atoms with E-state index in [0.717, 1.165) is 12.1 Å². The summed E-state index contributed by atoms with van der Waals surface area (Å²) in [6.45, 7) is 6.24. The maximum absolute atomic E-state index is 12.2. The van der Waals surface area contributed by atoms with Crippen molar-refractivity contribution in [3.63, 3.8) is 0 Å². The molecule has 8 nitrogen and oxygen atoms in total. The third-order valence-electron chi connectivity index (χ3n) is 3.36. The number of hydrazine groups is 1. The van der Waals surface area contributed by atoms with Crippen molar-refractivity contribution < 1.29 is 13.3 Å². The first-order valence-electron chi connectivity index (χ1n) is 6.43. The maximum Gasteiger partial charge on any atom is 0.293 e. The van der Waals surface area contributed by atoms with Crippen LogP contribution in [0.3, 0.4) is 0 Å². The lowest BCUT2D eigenvalue weighted by atomic mass is 9.99. The van der Waals surface area contributed by atoms with Gasteiger partial charge in [0.1, 0.15) is 5.69 Å². The van der Waals surface area contributed by atoms with E-state index < -0.39 is 14.9 Å². The van der Waals surface area contributed by atoms with E-state index in [2.05, 4.69) is 10.1 Å². The van der Waals surface area contributed by atoms with Gasteiger partial charge in [0.15, 0.2) is 0 Å². The molecule has 0 radical (unpaired) electrons. The summed E-state index contributed by atoms with van der Waals surface area (Å²) in [5.41, 5.74) is 1.80. The summed E-state index contributed by atoms with van der Waals surface area (Å²) >= 11 is 0. The molecule has 0 saturated carbocycles. The van der Waals surface area contributed by atoms with Gasteiger partial charge in [-0.3, -0.25) is 16.0 Å². The topological polar surface area (TPSA) is 127 Å². The Hall–Kier alpha value is -1.71. The molecule has 0 spiro atoms. The number of nitrogens with zero attached hydrogens (tertiary/aromatic N) is 1. The zero-order valence-electron chi connectivity index (χ0n) is 12.2. The summed E-state index contributed by atoms with van der Waals surface area (Å²) in [7, 11) is -3.73. The van der Waals surface area contributed by atoms with Crippen molar-refractivity contribution in [1.82, 2.24) is 4.72 Å². The molecule has 0 saturated heterocycles. The van der Waals surface area contributed by atoms with E-state index in [-0.39, 0.29) is 22.2 Å². The number of sulfonamides is 1. The van der Waals surface area contributed by atoms with Crippen molar-refractivity contribution >= 4 is 21.4 Å². The molecule has 0 amide bonds. The molecule has 21 heavy (non-hydrogen) atoms. The Morgan fingerprint density at radius 2 is 1.95 bits per heavy atom. The Morgan fingerprint density at radius 3 is 2.43 bits per heavy atom. The lowest BCUT2D eigenvalue weighted by Crippen LogP contribution is -2.30. The van der Waals surface area contributed by atoms with Crippen LogP contribution in [0, 0.1) is 22.0 Å². The highest BCUT2D eigenvalue weighted by atomic mass is 32.2. The van der Waals surface area contributed by atoms with E-state index in [1.807, 2.05) is 20.8 Å². The van der Waals surface area contributed by atoms with E-state index in [9.17, 15) is 18.5 Å². The van der Waals surface area contributed by atoms with Crippen molar-refractivity contribution in [2.24, 2.45) is 17.7 Å². The van der Waals surface area contributed by atoms with Gasteiger partial charge in [0.2, 0.25) is 10.0 Å². The third kappa shape index (κ3) is 4.38. The maximum atomic E-state index is 12.2. The fraction of sp³-hybridized carbons (Fsp3) is 0.500. The van der Waals surface area contributed by atoms with E-state index >= 15 is 0 Å². The van der Waals surface area contributed by atoms with Gasteiger partial charge in [-0.25, -0.2) is 13.1 Å². The minimum atomic E-state index is -3.73. The zero-order valence-corrected chi connectivity index (χ0v) is 13.0. The van der Waals surface area contributed by atoms with Gasteiger partial charge >= 0.3 is 0 Å². The molecule has 118 valence electrons. The molecule has 4 N–H and O–H groups in total. The largest absolute Gasteiger partial charge is 0.318 e. The number of nitro benzene ring substituents is 1. The van der Waals surface area contributed by atoms with Crippen molar-refractivity contribution in [2.45, 2.75) is 25.7 Å². The minimum Gasteiger partial charge on any atom is -0.318 e. The second kappa shape index (κ2) is 6.83. The van der Waals surface area contributed by atoms with Gasteiger partial charge in [-0.05, 0) is 24.0 Å². The SMILES string of the molecule is CC(C)C(C)CNS(=O)(=O)c1ccc([N+](=O)[O-])c(NN)c1. The molecule has 0 bridgehead atoms. The molecule has 0 heterocycles. The van der Waals surface area contributed by atoms with Crippen molar-refractivity contribution in [1.29, 1.82) is 0 Å². The summed E-state index contributed by atoms with van der Waals surface area (Å²) in [6.07, 6.45) is 0. The lowest BCUT2D eigenvalue weighted by molar-refractivity contribution is -0.384. The third-order valence-corrected chi connectivity index (χ3v) is 4.79. The normalized spacial score (nSPS) is 13.2. The molecule has 1 atom stereocenters. The first kappa shape index (κ1) is 17.3. The van der Waals surface area contributed by atoms with Gasteiger partial charge in [-0.1, -0.05) is 20.8 Å². The van der Waals surface area contributed by atoms with Gasteiger partial charge in [0.05, 0.1) is 9.82 Å². The van der Waals surface area contributed by atoms with Gasteiger partial charge < -0.3 is 5.43 Å². The van der Waals surface area contributed by atoms with Crippen LogP contribution in [0.5, 0.6) is 0 Å². The molecule has 1 rings (SSSR count). The number of nitrogens with two attached hydrogens (primary N) is 1. The van der Waals surface area contributed by atoms with Crippen LogP contribution >= 0.6 is 0 Å². The van der Waals surface area contributed by atoms with Crippen LogP contribution in [-0.2, 0) is 10.0 Å². The Labute approximate surface area is 123 Å².